The molecule has 0 aliphatic carbocycles. The van der Waals surface area contributed by atoms with Crippen LogP contribution in [0.3, 0.4) is 0 Å². The standard InChI is InChI=1S/C14H36N2Si2/c1-7-11-15(13(5)9-3)17-18-16(12-8-2)14(6)10-4/h13-14H,7-12,17-18H2,1-6H3. The van der Waals surface area contributed by atoms with E-state index in [0.717, 1.165) is 12.1 Å². The molecule has 0 aromatic carbocycles. The van der Waals surface area contributed by atoms with Crippen molar-refractivity contribution in [2.75, 3.05) is 13.1 Å². The molecule has 0 aromatic heterocycles. The van der Waals surface area contributed by atoms with Crippen molar-refractivity contribution < 1.29 is 0 Å². The lowest BCUT2D eigenvalue weighted by molar-refractivity contribution is 0.332. The van der Waals surface area contributed by atoms with Crippen LogP contribution in [0.15, 0.2) is 0 Å². The van der Waals surface area contributed by atoms with Crippen molar-refractivity contribution in [3.63, 3.8) is 0 Å². The summed E-state index contributed by atoms with van der Waals surface area (Å²) < 4.78 is 5.72. The lowest BCUT2D eigenvalue weighted by Gasteiger charge is -2.33. The second kappa shape index (κ2) is 11.2. The summed E-state index contributed by atoms with van der Waals surface area (Å²) in [5, 5.41) is 0. The van der Waals surface area contributed by atoms with Gasteiger partial charge in [-0.1, -0.05) is 41.5 Å². The van der Waals surface area contributed by atoms with Crippen LogP contribution in [0.1, 0.15) is 67.2 Å². The number of hydrogen-bond donors (Lipinski definition) is 0. The molecule has 0 radical (unpaired) electrons. The summed E-state index contributed by atoms with van der Waals surface area (Å²) in [5.74, 6) is 0. The lowest BCUT2D eigenvalue weighted by atomic mass is 10.2. The monoisotopic (exact) mass is 288 g/mol. The fourth-order valence-electron chi connectivity index (χ4n) is 2.45. The van der Waals surface area contributed by atoms with Crippen LogP contribution in [0.25, 0.3) is 0 Å². The Morgan fingerprint density at radius 1 is 0.722 bits per heavy atom. The van der Waals surface area contributed by atoms with E-state index in [9.17, 15) is 0 Å². The zero-order valence-electron chi connectivity index (χ0n) is 13.7. The molecule has 0 heterocycles. The van der Waals surface area contributed by atoms with E-state index in [1.54, 1.807) is 0 Å². The van der Waals surface area contributed by atoms with Gasteiger partial charge in [-0.3, -0.25) is 0 Å². The van der Waals surface area contributed by atoms with Crippen molar-refractivity contribution in [2.45, 2.75) is 79.3 Å². The topological polar surface area (TPSA) is 6.48 Å². The van der Waals surface area contributed by atoms with Gasteiger partial charge in [0.2, 0.25) is 0 Å². The van der Waals surface area contributed by atoms with Gasteiger partial charge >= 0.3 is 0 Å². The molecular weight excluding hydrogens is 252 g/mol. The van der Waals surface area contributed by atoms with Gasteiger partial charge in [-0.25, -0.2) is 0 Å². The zero-order chi connectivity index (χ0) is 14.0. The molecule has 2 unspecified atom stereocenters. The highest BCUT2D eigenvalue weighted by Gasteiger charge is 2.16. The fraction of sp³-hybridized carbons (Fsp3) is 1.00. The molecule has 0 rings (SSSR count). The molecule has 0 aliphatic heterocycles. The first-order chi connectivity index (χ1) is 8.60. The third-order valence-electron chi connectivity index (χ3n) is 4.12. The summed E-state index contributed by atoms with van der Waals surface area (Å²) in [6, 6.07) is 1.65. The van der Waals surface area contributed by atoms with E-state index in [-0.39, 0.29) is 18.4 Å². The highest BCUT2D eigenvalue weighted by molar-refractivity contribution is 6.97. The van der Waals surface area contributed by atoms with Gasteiger partial charge in [-0.05, 0) is 50.9 Å². The van der Waals surface area contributed by atoms with E-state index in [1.165, 1.54) is 38.8 Å². The van der Waals surface area contributed by atoms with Gasteiger partial charge in [0, 0.05) is 0 Å². The van der Waals surface area contributed by atoms with Crippen LogP contribution < -0.4 is 0 Å². The van der Waals surface area contributed by atoms with Crippen LogP contribution in [-0.2, 0) is 0 Å². The smallest absolute Gasteiger partial charge is 0.0971 e. The maximum Gasteiger partial charge on any atom is 0.0971 e. The minimum atomic E-state index is 0.0341. The fourth-order valence-corrected chi connectivity index (χ4v) is 11.0. The molecule has 0 saturated heterocycles. The third kappa shape index (κ3) is 7.07. The summed E-state index contributed by atoms with van der Waals surface area (Å²) in [6.45, 7) is 16.8. The Bertz CT molecular complexity index is 171. The van der Waals surface area contributed by atoms with E-state index >= 15 is 0 Å². The van der Waals surface area contributed by atoms with E-state index in [0.29, 0.717) is 0 Å². The molecule has 0 aliphatic rings. The summed E-state index contributed by atoms with van der Waals surface area (Å²) in [7, 11) is 0.0683. The summed E-state index contributed by atoms with van der Waals surface area (Å²) >= 11 is 0. The van der Waals surface area contributed by atoms with E-state index in [1.807, 2.05) is 0 Å². The van der Waals surface area contributed by atoms with Crippen molar-refractivity contribution in [2.24, 2.45) is 0 Å². The minimum absolute atomic E-state index is 0.0341. The first kappa shape index (κ1) is 18.4. The second-order valence-electron chi connectivity index (χ2n) is 5.59. The Morgan fingerprint density at radius 2 is 1.06 bits per heavy atom. The Balaban J connectivity index is 4.26. The average molecular weight is 289 g/mol. The molecule has 4 heteroatoms. The molecule has 110 valence electrons. The molecular formula is C14H36N2Si2. The second-order valence-corrected chi connectivity index (χ2v) is 10.8. The maximum atomic E-state index is 2.86. The molecule has 2 atom stereocenters. The Kier molecular flexibility index (Phi) is 11.4. The minimum Gasteiger partial charge on any atom is -0.328 e. The van der Waals surface area contributed by atoms with Crippen molar-refractivity contribution in [1.82, 2.24) is 9.13 Å². The number of hydrogen-bond acceptors (Lipinski definition) is 2. The van der Waals surface area contributed by atoms with Gasteiger partial charge in [0.1, 0.15) is 0 Å². The Morgan fingerprint density at radius 3 is 1.28 bits per heavy atom. The number of rotatable bonds is 11. The van der Waals surface area contributed by atoms with Crippen molar-refractivity contribution in [1.29, 1.82) is 0 Å². The molecule has 2 nitrogen and oxygen atoms in total. The zero-order valence-corrected chi connectivity index (χ0v) is 16.5. The highest BCUT2D eigenvalue weighted by Crippen LogP contribution is 2.06. The number of nitrogens with zero attached hydrogens (tertiary/aromatic N) is 2. The predicted octanol–water partition coefficient (Wildman–Crippen LogP) is 2.09. The average Bonchev–Trinajstić information content (AvgIpc) is 2.40. The maximum absolute atomic E-state index is 2.86. The summed E-state index contributed by atoms with van der Waals surface area (Å²) in [6.07, 6.45) is 5.28. The normalized spacial score (nSPS) is 16.7. The van der Waals surface area contributed by atoms with E-state index in [4.69, 9.17) is 0 Å². The molecule has 18 heavy (non-hydrogen) atoms. The Hall–Kier alpha value is 0.354. The molecule has 0 amide bonds. The third-order valence-corrected chi connectivity index (χ3v) is 11.4. The molecule has 0 spiro atoms. The van der Waals surface area contributed by atoms with Crippen molar-refractivity contribution in [3.05, 3.63) is 0 Å². The molecule has 0 aromatic rings. The van der Waals surface area contributed by atoms with Crippen LogP contribution >= 0.6 is 0 Å². The van der Waals surface area contributed by atoms with Crippen LogP contribution in [0, 0.1) is 0 Å². The summed E-state index contributed by atoms with van der Waals surface area (Å²) in [5.41, 5.74) is 0. The van der Waals surface area contributed by atoms with Crippen LogP contribution in [0.5, 0.6) is 0 Å². The first-order valence-electron chi connectivity index (χ1n) is 8.08. The van der Waals surface area contributed by atoms with Gasteiger partial charge in [-0.2, -0.15) is 0 Å². The van der Waals surface area contributed by atoms with E-state index < -0.39 is 0 Å². The van der Waals surface area contributed by atoms with Crippen molar-refractivity contribution >= 4 is 18.4 Å². The first-order valence-corrected chi connectivity index (χ1v) is 13.3. The summed E-state index contributed by atoms with van der Waals surface area (Å²) in [4.78, 5) is 0. The van der Waals surface area contributed by atoms with Gasteiger partial charge < -0.3 is 9.13 Å². The van der Waals surface area contributed by atoms with Crippen molar-refractivity contribution in [3.8, 4) is 0 Å². The predicted molar refractivity (Wildman–Crippen MR) is 90.6 cm³/mol. The SMILES string of the molecule is CCCN([SiH2][SiH2]N(CCC)C(C)CC)C(C)CC. The van der Waals surface area contributed by atoms with Gasteiger partial charge in [-0.15, -0.1) is 0 Å². The molecule has 0 fully saturated rings. The van der Waals surface area contributed by atoms with Gasteiger partial charge in [0.05, 0.1) is 18.4 Å². The van der Waals surface area contributed by atoms with Gasteiger partial charge in [0.15, 0.2) is 0 Å². The highest BCUT2D eigenvalue weighted by atomic mass is 29.2. The largest absolute Gasteiger partial charge is 0.328 e. The molecule has 0 bridgehead atoms. The molecule has 0 saturated carbocycles. The van der Waals surface area contributed by atoms with Crippen LogP contribution in [-0.4, -0.2) is 52.7 Å². The quantitative estimate of drug-likeness (QED) is 0.537. The van der Waals surface area contributed by atoms with Crippen LogP contribution in [0.2, 0.25) is 0 Å². The van der Waals surface area contributed by atoms with Crippen LogP contribution in [0.4, 0.5) is 0 Å². The van der Waals surface area contributed by atoms with E-state index in [2.05, 4.69) is 50.7 Å². The molecule has 0 N–H and O–H groups in total. The van der Waals surface area contributed by atoms with Gasteiger partial charge in [0.25, 0.3) is 0 Å². The lowest BCUT2D eigenvalue weighted by Crippen LogP contribution is -2.47. The Labute approximate surface area is 120 Å².